The third kappa shape index (κ3) is 3.00. The van der Waals surface area contributed by atoms with Crippen molar-refractivity contribution in [2.24, 2.45) is 10.7 Å². The van der Waals surface area contributed by atoms with Crippen LogP contribution in [0.2, 0.25) is 0 Å². The first-order valence-electron chi connectivity index (χ1n) is 8.32. The predicted octanol–water partition coefficient (Wildman–Crippen LogP) is 2.89. The second-order valence-electron chi connectivity index (χ2n) is 6.52. The smallest absolute Gasteiger partial charge is 0.222 e. The number of hydrogen-bond acceptors (Lipinski definition) is 6. The van der Waals surface area contributed by atoms with Gasteiger partial charge in [0.15, 0.2) is 0 Å². The number of rotatable bonds is 5. The zero-order valence-corrected chi connectivity index (χ0v) is 15.7. The van der Waals surface area contributed by atoms with Crippen LogP contribution in [-0.4, -0.2) is 35.4 Å². The van der Waals surface area contributed by atoms with E-state index in [-0.39, 0.29) is 6.61 Å². The van der Waals surface area contributed by atoms with Crippen LogP contribution in [0.15, 0.2) is 27.7 Å². The number of hydroxylamine groups is 2. The lowest BCUT2D eigenvalue weighted by Crippen LogP contribution is -2.49. The highest BCUT2D eigenvalue weighted by atomic mass is 79.9. The molecule has 0 aromatic heterocycles. The molecular weight excluding hydrogens is 374 g/mol. The van der Waals surface area contributed by atoms with Gasteiger partial charge in [0, 0.05) is 31.0 Å². The fraction of sp³-hybridized carbons (Fsp3) is 0.588. The summed E-state index contributed by atoms with van der Waals surface area (Å²) in [5, 5.41) is 11.1. The lowest BCUT2D eigenvalue weighted by atomic mass is 9.79. The van der Waals surface area contributed by atoms with Crippen LogP contribution in [-0.2, 0) is 10.6 Å². The van der Waals surface area contributed by atoms with Gasteiger partial charge in [-0.2, -0.15) is 0 Å². The summed E-state index contributed by atoms with van der Waals surface area (Å²) < 4.78 is 7.31. The normalized spacial score (nSPS) is 28.7. The molecule has 0 saturated carbocycles. The Morgan fingerprint density at radius 1 is 1.42 bits per heavy atom. The molecule has 3 N–H and O–H groups in total. The molecule has 1 aromatic rings. The van der Waals surface area contributed by atoms with E-state index in [0.29, 0.717) is 18.8 Å². The molecule has 2 aliphatic heterocycles. The van der Waals surface area contributed by atoms with Crippen molar-refractivity contribution in [3.63, 3.8) is 0 Å². The Bertz CT molecular complexity index is 654. The molecule has 132 valence electrons. The molecular formula is C17H24BrN3O3. The van der Waals surface area contributed by atoms with Crippen molar-refractivity contribution in [1.82, 2.24) is 5.06 Å². The van der Waals surface area contributed by atoms with E-state index in [9.17, 15) is 5.11 Å². The van der Waals surface area contributed by atoms with E-state index in [0.717, 1.165) is 35.0 Å². The van der Waals surface area contributed by atoms with Gasteiger partial charge < -0.3 is 15.6 Å². The zero-order valence-electron chi connectivity index (χ0n) is 14.1. The van der Waals surface area contributed by atoms with Crippen molar-refractivity contribution < 1.29 is 14.7 Å². The number of benzene rings is 1. The average Bonchev–Trinajstić information content (AvgIpc) is 2.81. The van der Waals surface area contributed by atoms with Gasteiger partial charge in [-0.1, -0.05) is 29.3 Å². The molecule has 0 bridgehead atoms. The summed E-state index contributed by atoms with van der Waals surface area (Å²) in [6.45, 7) is 2.20. The first-order chi connectivity index (χ1) is 11.4. The van der Waals surface area contributed by atoms with Gasteiger partial charge in [0.1, 0.15) is 11.4 Å². The Kier molecular flexibility index (Phi) is 4.77. The standard InChI is InChI=1S/C17H24BrN3O3/c1-3-4-7-16(8-9-22)11-17(20-15(19)21(2)24-17)13-10-12(18)5-6-14(13)23-16/h5-6,10,22H,3-4,7-9,11H2,1-2H3,(H2,19,20). The van der Waals surface area contributed by atoms with Crippen molar-refractivity contribution in [2.75, 3.05) is 13.7 Å². The van der Waals surface area contributed by atoms with E-state index in [2.05, 4.69) is 27.8 Å². The van der Waals surface area contributed by atoms with Gasteiger partial charge in [-0.15, -0.1) is 0 Å². The molecule has 2 atom stereocenters. The number of guanidine groups is 1. The van der Waals surface area contributed by atoms with Crippen molar-refractivity contribution in [1.29, 1.82) is 0 Å². The van der Waals surface area contributed by atoms with E-state index in [1.54, 1.807) is 7.05 Å². The lowest BCUT2D eigenvalue weighted by Gasteiger charge is -2.45. The second kappa shape index (κ2) is 6.54. The van der Waals surface area contributed by atoms with E-state index in [1.165, 1.54) is 5.06 Å². The van der Waals surface area contributed by atoms with Gasteiger partial charge in [0.05, 0.1) is 5.56 Å². The molecule has 0 saturated heterocycles. The molecule has 2 heterocycles. The second-order valence-corrected chi connectivity index (χ2v) is 7.44. The number of fused-ring (bicyclic) bond motifs is 2. The lowest BCUT2D eigenvalue weighted by molar-refractivity contribution is -0.206. The predicted molar refractivity (Wildman–Crippen MR) is 95.5 cm³/mol. The topological polar surface area (TPSA) is 80.3 Å². The molecule has 0 amide bonds. The van der Waals surface area contributed by atoms with E-state index >= 15 is 0 Å². The third-order valence-corrected chi connectivity index (χ3v) is 5.20. The maximum Gasteiger partial charge on any atom is 0.222 e. The minimum Gasteiger partial charge on any atom is -0.487 e. The van der Waals surface area contributed by atoms with Gasteiger partial charge in [-0.05, 0) is 31.0 Å². The van der Waals surface area contributed by atoms with Gasteiger partial charge in [0.2, 0.25) is 11.7 Å². The fourth-order valence-corrected chi connectivity index (χ4v) is 3.90. The van der Waals surface area contributed by atoms with Gasteiger partial charge in [-0.3, -0.25) is 0 Å². The van der Waals surface area contributed by atoms with Crippen molar-refractivity contribution in [3.8, 4) is 5.75 Å². The first kappa shape index (κ1) is 17.5. The molecule has 0 fully saturated rings. The van der Waals surface area contributed by atoms with Crippen LogP contribution in [0, 0.1) is 0 Å². The summed E-state index contributed by atoms with van der Waals surface area (Å²) in [7, 11) is 1.75. The van der Waals surface area contributed by atoms with E-state index in [1.807, 2.05) is 18.2 Å². The van der Waals surface area contributed by atoms with Crippen molar-refractivity contribution in [2.45, 2.75) is 50.4 Å². The van der Waals surface area contributed by atoms with Crippen molar-refractivity contribution in [3.05, 3.63) is 28.2 Å². The number of nitrogens with zero attached hydrogens (tertiary/aromatic N) is 2. The Hall–Kier alpha value is -1.31. The van der Waals surface area contributed by atoms with Crippen LogP contribution in [0.5, 0.6) is 5.75 Å². The molecule has 1 spiro atoms. The number of unbranched alkanes of at least 4 members (excludes halogenated alkanes) is 1. The maximum absolute atomic E-state index is 9.61. The Balaban J connectivity index is 2.09. The van der Waals surface area contributed by atoms with Crippen LogP contribution >= 0.6 is 15.9 Å². The third-order valence-electron chi connectivity index (χ3n) is 4.71. The van der Waals surface area contributed by atoms with Gasteiger partial charge in [0.25, 0.3) is 0 Å². The monoisotopic (exact) mass is 397 g/mol. The zero-order chi connectivity index (χ0) is 17.4. The van der Waals surface area contributed by atoms with Crippen LogP contribution in [0.1, 0.15) is 44.6 Å². The summed E-state index contributed by atoms with van der Waals surface area (Å²) in [5.74, 6) is 1.08. The summed E-state index contributed by atoms with van der Waals surface area (Å²) in [6.07, 6.45) is 3.96. The van der Waals surface area contributed by atoms with Crippen LogP contribution in [0.4, 0.5) is 0 Å². The van der Waals surface area contributed by atoms with Gasteiger partial charge in [-0.25, -0.2) is 14.9 Å². The maximum atomic E-state index is 9.61. The van der Waals surface area contributed by atoms with Crippen molar-refractivity contribution >= 4 is 21.9 Å². The molecule has 2 aliphatic rings. The van der Waals surface area contributed by atoms with E-state index < -0.39 is 11.3 Å². The SMILES string of the molecule is CCCCC1(CCO)CC2(N=C(N)N(C)O2)c2cc(Br)ccc2O1. The van der Waals surface area contributed by atoms with Crippen LogP contribution in [0.25, 0.3) is 0 Å². The molecule has 1 aromatic carbocycles. The highest BCUT2D eigenvalue weighted by Gasteiger charge is 2.54. The summed E-state index contributed by atoms with van der Waals surface area (Å²) >= 11 is 3.51. The number of aliphatic imine (C=N–C) groups is 1. The molecule has 2 unspecified atom stereocenters. The molecule has 6 nitrogen and oxygen atoms in total. The highest BCUT2D eigenvalue weighted by Crippen LogP contribution is 2.51. The number of aliphatic hydroxyl groups is 1. The largest absolute Gasteiger partial charge is 0.487 e. The minimum atomic E-state index is -0.904. The Labute approximate surface area is 150 Å². The molecule has 24 heavy (non-hydrogen) atoms. The Morgan fingerprint density at radius 2 is 2.21 bits per heavy atom. The summed E-state index contributed by atoms with van der Waals surface area (Å²) in [5.41, 5.74) is 5.43. The minimum absolute atomic E-state index is 0.0562. The number of aliphatic hydroxyl groups excluding tert-OH is 1. The molecule has 0 aliphatic carbocycles. The number of halogens is 1. The molecule has 7 heteroatoms. The molecule has 3 rings (SSSR count). The first-order valence-corrected chi connectivity index (χ1v) is 9.11. The van der Waals surface area contributed by atoms with Crippen LogP contribution < -0.4 is 10.5 Å². The fourth-order valence-electron chi connectivity index (χ4n) is 3.53. The number of hydrogen-bond donors (Lipinski definition) is 2. The quantitative estimate of drug-likeness (QED) is 0.798. The Morgan fingerprint density at radius 3 is 2.83 bits per heavy atom. The van der Waals surface area contributed by atoms with Gasteiger partial charge >= 0.3 is 0 Å². The highest BCUT2D eigenvalue weighted by molar-refractivity contribution is 9.10. The average molecular weight is 398 g/mol. The molecule has 0 radical (unpaired) electrons. The summed E-state index contributed by atoms with van der Waals surface area (Å²) in [6, 6.07) is 5.83. The van der Waals surface area contributed by atoms with E-state index in [4.69, 9.17) is 15.3 Å². The number of ether oxygens (including phenoxy) is 1. The summed E-state index contributed by atoms with van der Waals surface area (Å²) in [4.78, 5) is 10.7. The number of nitrogens with two attached hydrogens (primary N) is 1. The van der Waals surface area contributed by atoms with Crippen LogP contribution in [0.3, 0.4) is 0 Å².